The summed E-state index contributed by atoms with van der Waals surface area (Å²) in [5.74, 6) is -0.968. The lowest BCUT2D eigenvalue weighted by molar-refractivity contribution is 0.0696. The van der Waals surface area contributed by atoms with E-state index in [-0.39, 0.29) is 5.01 Å². The van der Waals surface area contributed by atoms with Crippen molar-refractivity contribution in [3.05, 3.63) is 52.1 Å². The van der Waals surface area contributed by atoms with E-state index in [1.165, 1.54) is 22.3 Å². The quantitative estimate of drug-likeness (QED) is 0.796. The molecule has 96 valence electrons. The Bertz CT molecular complexity index is 758. The molecule has 3 rings (SSSR count). The highest BCUT2D eigenvalue weighted by Gasteiger charge is 2.10. The highest BCUT2D eigenvalue weighted by atomic mass is 32.1. The van der Waals surface area contributed by atoms with Gasteiger partial charge in [0, 0.05) is 22.5 Å². The van der Waals surface area contributed by atoms with Crippen molar-refractivity contribution < 1.29 is 9.90 Å². The van der Waals surface area contributed by atoms with Crippen LogP contribution in [0.25, 0.3) is 10.9 Å². The van der Waals surface area contributed by atoms with Gasteiger partial charge in [-0.3, -0.25) is 0 Å². The maximum Gasteiger partial charge on any atom is 0.365 e. The molecule has 2 aromatic heterocycles. The van der Waals surface area contributed by atoms with Gasteiger partial charge in [0.25, 0.3) is 0 Å². The molecule has 0 aliphatic heterocycles. The molecule has 0 saturated carbocycles. The van der Waals surface area contributed by atoms with Gasteiger partial charge in [-0.25, -0.2) is 9.78 Å². The molecule has 0 unspecified atom stereocenters. The fraction of sp³-hybridized carbons (Fsp3) is 0.143. The Hall–Kier alpha value is -2.14. The number of hydrogen-bond acceptors (Lipinski definition) is 3. The van der Waals surface area contributed by atoms with E-state index >= 15 is 0 Å². The zero-order valence-corrected chi connectivity index (χ0v) is 11.1. The molecule has 2 heterocycles. The molecule has 0 aliphatic rings. The van der Waals surface area contributed by atoms with Crippen molar-refractivity contribution in [1.82, 2.24) is 9.55 Å². The first kappa shape index (κ1) is 11.9. The Morgan fingerprint density at radius 2 is 2.21 bits per heavy atom. The average molecular weight is 272 g/mol. The largest absolute Gasteiger partial charge is 0.476 e. The summed E-state index contributed by atoms with van der Waals surface area (Å²) in [7, 11) is 0. The van der Waals surface area contributed by atoms with Crippen molar-refractivity contribution in [3.63, 3.8) is 0 Å². The summed E-state index contributed by atoms with van der Waals surface area (Å²) >= 11 is 1.17. The molecule has 5 heteroatoms. The summed E-state index contributed by atoms with van der Waals surface area (Å²) in [5, 5.41) is 12.0. The van der Waals surface area contributed by atoms with Gasteiger partial charge in [0.05, 0.1) is 12.2 Å². The second-order valence-electron chi connectivity index (χ2n) is 4.41. The van der Waals surface area contributed by atoms with E-state index in [4.69, 9.17) is 5.11 Å². The van der Waals surface area contributed by atoms with E-state index in [0.29, 0.717) is 6.54 Å². The first-order valence-corrected chi connectivity index (χ1v) is 6.75. The van der Waals surface area contributed by atoms with Gasteiger partial charge < -0.3 is 9.67 Å². The zero-order valence-electron chi connectivity index (χ0n) is 10.3. The maximum absolute atomic E-state index is 10.8. The molecule has 19 heavy (non-hydrogen) atoms. The number of thiazole rings is 1. The van der Waals surface area contributed by atoms with Crippen LogP contribution >= 0.6 is 11.3 Å². The zero-order chi connectivity index (χ0) is 13.4. The number of aromatic nitrogens is 2. The molecule has 0 radical (unpaired) electrons. The molecule has 0 amide bonds. The second-order valence-corrected chi connectivity index (χ2v) is 5.26. The summed E-state index contributed by atoms with van der Waals surface area (Å²) in [4.78, 5) is 14.9. The van der Waals surface area contributed by atoms with Crippen LogP contribution in [0.1, 0.15) is 21.1 Å². The number of fused-ring (bicyclic) bond motifs is 1. The second kappa shape index (κ2) is 4.51. The average Bonchev–Trinajstić information content (AvgIpc) is 2.97. The van der Waals surface area contributed by atoms with Gasteiger partial charge >= 0.3 is 5.97 Å². The standard InChI is InChI=1S/C14H12N2O2S/c1-9-6-16(12-5-3-2-4-11(9)12)7-10-8-19-13(15-10)14(17)18/h2-6,8H,7H2,1H3,(H,17,18). The molecule has 4 nitrogen and oxygen atoms in total. The van der Waals surface area contributed by atoms with Gasteiger partial charge in [-0.15, -0.1) is 11.3 Å². The fourth-order valence-electron chi connectivity index (χ4n) is 2.21. The minimum absolute atomic E-state index is 0.142. The van der Waals surface area contributed by atoms with E-state index in [2.05, 4.69) is 34.8 Å². The van der Waals surface area contributed by atoms with Crippen LogP contribution in [0.15, 0.2) is 35.8 Å². The molecule has 1 aromatic carbocycles. The molecular formula is C14H12N2O2S. The van der Waals surface area contributed by atoms with Crippen molar-refractivity contribution >= 4 is 28.2 Å². The smallest absolute Gasteiger partial charge is 0.365 e. The van der Waals surface area contributed by atoms with E-state index in [1.54, 1.807) is 5.38 Å². The van der Waals surface area contributed by atoms with E-state index in [1.807, 2.05) is 12.1 Å². The van der Waals surface area contributed by atoms with E-state index in [0.717, 1.165) is 11.2 Å². The van der Waals surface area contributed by atoms with Gasteiger partial charge in [-0.2, -0.15) is 0 Å². The van der Waals surface area contributed by atoms with Crippen molar-refractivity contribution in [2.45, 2.75) is 13.5 Å². The lowest BCUT2D eigenvalue weighted by atomic mass is 10.2. The summed E-state index contributed by atoms with van der Waals surface area (Å²) < 4.78 is 2.10. The predicted octanol–water partition coefficient (Wildman–Crippen LogP) is 3.15. The van der Waals surface area contributed by atoms with Crippen LogP contribution in [0.5, 0.6) is 0 Å². The number of para-hydroxylation sites is 1. The number of aryl methyl sites for hydroxylation is 1. The molecule has 1 N–H and O–H groups in total. The molecule has 0 bridgehead atoms. The van der Waals surface area contributed by atoms with Gasteiger partial charge in [0.2, 0.25) is 5.01 Å². The summed E-state index contributed by atoms with van der Waals surface area (Å²) in [6.07, 6.45) is 2.07. The van der Waals surface area contributed by atoms with Crippen LogP contribution in [-0.2, 0) is 6.54 Å². The number of rotatable bonds is 3. The SMILES string of the molecule is Cc1cn(Cc2csc(C(=O)O)n2)c2ccccc12. The third-order valence-corrected chi connectivity index (χ3v) is 3.93. The van der Waals surface area contributed by atoms with Crippen LogP contribution in [-0.4, -0.2) is 20.6 Å². The number of hydrogen-bond donors (Lipinski definition) is 1. The van der Waals surface area contributed by atoms with Crippen LogP contribution < -0.4 is 0 Å². The molecule has 3 aromatic rings. The third-order valence-electron chi connectivity index (χ3n) is 3.05. The number of carbonyl (C=O) groups is 1. The number of carboxylic acid groups (broad SMARTS) is 1. The van der Waals surface area contributed by atoms with E-state index < -0.39 is 5.97 Å². The molecule has 0 spiro atoms. The summed E-state index contributed by atoms with van der Waals surface area (Å²) in [6, 6.07) is 8.17. The molecule has 0 atom stereocenters. The lowest BCUT2D eigenvalue weighted by Gasteiger charge is -2.02. The molecule has 0 saturated heterocycles. The van der Waals surface area contributed by atoms with Crippen molar-refractivity contribution in [3.8, 4) is 0 Å². The van der Waals surface area contributed by atoms with Crippen LogP contribution in [0.2, 0.25) is 0 Å². The lowest BCUT2D eigenvalue weighted by Crippen LogP contribution is -2.00. The molecule has 0 fully saturated rings. The first-order chi connectivity index (χ1) is 9.15. The number of nitrogens with zero attached hydrogens (tertiary/aromatic N) is 2. The highest BCUT2D eigenvalue weighted by Crippen LogP contribution is 2.21. The van der Waals surface area contributed by atoms with Crippen molar-refractivity contribution in [1.29, 1.82) is 0 Å². The monoisotopic (exact) mass is 272 g/mol. The fourth-order valence-corrected chi connectivity index (χ4v) is 2.86. The summed E-state index contributed by atoms with van der Waals surface area (Å²) in [5.41, 5.74) is 3.14. The number of benzene rings is 1. The van der Waals surface area contributed by atoms with Crippen LogP contribution in [0, 0.1) is 6.92 Å². The van der Waals surface area contributed by atoms with Gasteiger partial charge in [-0.1, -0.05) is 18.2 Å². The number of aromatic carboxylic acids is 1. The Labute approximate surface area is 113 Å². The third kappa shape index (κ3) is 2.13. The maximum atomic E-state index is 10.8. The Kier molecular flexibility index (Phi) is 2.83. The molecule has 0 aliphatic carbocycles. The van der Waals surface area contributed by atoms with Crippen LogP contribution in [0.4, 0.5) is 0 Å². The van der Waals surface area contributed by atoms with Gasteiger partial charge in [-0.05, 0) is 18.6 Å². The first-order valence-electron chi connectivity index (χ1n) is 5.87. The summed E-state index contributed by atoms with van der Waals surface area (Å²) in [6.45, 7) is 2.67. The Morgan fingerprint density at radius 1 is 1.42 bits per heavy atom. The minimum Gasteiger partial charge on any atom is -0.476 e. The van der Waals surface area contributed by atoms with Gasteiger partial charge in [0.15, 0.2) is 0 Å². The van der Waals surface area contributed by atoms with Crippen LogP contribution in [0.3, 0.4) is 0 Å². The Morgan fingerprint density at radius 3 is 2.95 bits per heavy atom. The molecular weight excluding hydrogens is 260 g/mol. The predicted molar refractivity (Wildman–Crippen MR) is 74.9 cm³/mol. The van der Waals surface area contributed by atoms with E-state index in [9.17, 15) is 4.79 Å². The van der Waals surface area contributed by atoms with Crippen molar-refractivity contribution in [2.24, 2.45) is 0 Å². The van der Waals surface area contributed by atoms with Gasteiger partial charge in [0.1, 0.15) is 0 Å². The highest BCUT2D eigenvalue weighted by molar-refractivity contribution is 7.11. The normalized spacial score (nSPS) is 11.0. The minimum atomic E-state index is -0.968. The van der Waals surface area contributed by atoms with Crippen molar-refractivity contribution in [2.75, 3.05) is 0 Å². The Balaban J connectivity index is 1.98. The number of carboxylic acids is 1. The topological polar surface area (TPSA) is 55.1 Å².